The van der Waals surface area contributed by atoms with E-state index in [2.05, 4.69) is 15.3 Å². The number of carboxylic acids is 1. The normalized spacial score (nSPS) is 9.89. The number of benzene rings is 1. The fourth-order valence-electron chi connectivity index (χ4n) is 1.40. The maximum atomic E-state index is 11.9. The van der Waals surface area contributed by atoms with Crippen molar-refractivity contribution in [3.63, 3.8) is 0 Å². The lowest BCUT2D eigenvalue weighted by Gasteiger charge is -2.06. The van der Waals surface area contributed by atoms with Crippen molar-refractivity contribution in [1.29, 1.82) is 0 Å². The van der Waals surface area contributed by atoms with Crippen LogP contribution in [0.5, 0.6) is 5.75 Å². The average molecular weight is 259 g/mol. The molecule has 1 heterocycles. The van der Waals surface area contributed by atoms with Crippen LogP contribution in [-0.2, 0) is 0 Å². The topological polar surface area (TPSA) is 112 Å². The summed E-state index contributed by atoms with van der Waals surface area (Å²) in [7, 11) is 0. The molecule has 96 valence electrons. The summed E-state index contributed by atoms with van der Waals surface area (Å²) in [6, 6.07) is 5.74. The number of aromatic nitrogens is 2. The number of nitrogens with zero attached hydrogens (tertiary/aromatic N) is 2. The molecule has 1 aromatic heterocycles. The number of carbonyl (C=O) groups is 2. The van der Waals surface area contributed by atoms with Crippen molar-refractivity contribution in [2.45, 2.75) is 0 Å². The van der Waals surface area contributed by atoms with E-state index in [-0.39, 0.29) is 11.4 Å². The minimum Gasteiger partial charge on any atom is -0.508 e. The maximum Gasteiger partial charge on any atom is 0.356 e. The van der Waals surface area contributed by atoms with Gasteiger partial charge in [-0.3, -0.25) is 4.79 Å². The lowest BCUT2D eigenvalue weighted by Crippen LogP contribution is -2.19. The number of phenolic OH excluding ortho intramolecular Hbond substituents is 1. The van der Waals surface area contributed by atoms with Gasteiger partial charge in [-0.2, -0.15) is 0 Å². The van der Waals surface area contributed by atoms with E-state index in [1.807, 2.05) is 0 Å². The first-order chi connectivity index (χ1) is 9.08. The molecule has 0 unspecified atom stereocenters. The standard InChI is InChI=1S/C12H9N3O4/c16-8-3-1-7(2-4-8)15-11(17)9-10(12(18)19)14-6-5-13-9/h1-6,16H,(H,15,17)(H,18,19). The van der Waals surface area contributed by atoms with E-state index in [0.717, 1.165) is 0 Å². The van der Waals surface area contributed by atoms with Gasteiger partial charge < -0.3 is 15.5 Å². The van der Waals surface area contributed by atoms with E-state index >= 15 is 0 Å². The fraction of sp³-hybridized carbons (Fsp3) is 0. The molecule has 7 heteroatoms. The lowest BCUT2D eigenvalue weighted by atomic mass is 10.2. The van der Waals surface area contributed by atoms with Gasteiger partial charge in [-0.05, 0) is 24.3 Å². The van der Waals surface area contributed by atoms with Crippen LogP contribution in [0.3, 0.4) is 0 Å². The molecule has 1 amide bonds. The van der Waals surface area contributed by atoms with Crippen molar-refractivity contribution in [3.8, 4) is 5.75 Å². The third-order valence-electron chi connectivity index (χ3n) is 2.24. The van der Waals surface area contributed by atoms with E-state index in [9.17, 15) is 9.59 Å². The number of phenols is 1. The Morgan fingerprint density at radius 2 is 1.58 bits per heavy atom. The number of hydrogen-bond acceptors (Lipinski definition) is 5. The Morgan fingerprint density at radius 1 is 1.00 bits per heavy atom. The lowest BCUT2D eigenvalue weighted by molar-refractivity contribution is 0.0685. The second-order valence-electron chi connectivity index (χ2n) is 3.56. The molecule has 0 saturated heterocycles. The van der Waals surface area contributed by atoms with Gasteiger partial charge in [-0.25, -0.2) is 14.8 Å². The highest BCUT2D eigenvalue weighted by molar-refractivity contribution is 6.08. The molecule has 0 aliphatic rings. The number of nitrogens with one attached hydrogen (secondary N) is 1. The minimum atomic E-state index is -1.33. The van der Waals surface area contributed by atoms with Crippen LogP contribution in [0.4, 0.5) is 5.69 Å². The summed E-state index contributed by atoms with van der Waals surface area (Å²) in [5, 5.41) is 20.5. The SMILES string of the molecule is O=C(O)c1nccnc1C(=O)Nc1ccc(O)cc1. The number of rotatable bonds is 3. The fourth-order valence-corrected chi connectivity index (χ4v) is 1.40. The van der Waals surface area contributed by atoms with Gasteiger partial charge in [0.1, 0.15) is 5.75 Å². The summed E-state index contributed by atoms with van der Waals surface area (Å²) in [5.41, 5.74) is -0.286. The maximum absolute atomic E-state index is 11.9. The first kappa shape index (κ1) is 12.5. The number of aromatic carboxylic acids is 1. The molecular formula is C12H9N3O4. The molecule has 0 atom stereocenters. The van der Waals surface area contributed by atoms with Crippen molar-refractivity contribution in [2.75, 3.05) is 5.32 Å². The van der Waals surface area contributed by atoms with Crippen LogP contribution in [0, 0.1) is 0 Å². The summed E-state index contributed by atoms with van der Waals surface area (Å²) in [4.78, 5) is 30.1. The number of hydrogen-bond donors (Lipinski definition) is 3. The van der Waals surface area contributed by atoms with Crippen LogP contribution in [-0.4, -0.2) is 32.1 Å². The van der Waals surface area contributed by atoms with Crippen molar-refractivity contribution in [1.82, 2.24) is 9.97 Å². The number of amides is 1. The number of carboxylic acid groups (broad SMARTS) is 1. The van der Waals surface area contributed by atoms with E-state index < -0.39 is 17.6 Å². The summed E-state index contributed by atoms with van der Waals surface area (Å²) in [6.45, 7) is 0. The minimum absolute atomic E-state index is 0.0590. The van der Waals surface area contributed by atoms with Crippen molar-refractivity contribution in [3.05, 3.63) is 48.0 Å². The van der Waals surface area contributed by atoms with Gasteiger partial charge >= 0.3 is 5.97 Å². The largest absolute Gasteiger partial charge is 0.508 e. The highest BCUT2D eigenvalue weighted by atomic mass is 16.4. The molecule has 0 radical (unpaired) electrons. The van der Waals surface area contributed by atoms with Gasteiger partial charge in [0, 0.05) is 18.1 Å². The molecule has 19 heavy (non-hydrogen) atoms. The van der Waals surface area contributed by atoms with Gasteiger partial charge in [0.05, 0.1) is 0 Å². The van der Waals surface area contributed by atoms with Gasteiger partial charge in [0.25, 0.3) is 5.91 Å². The third-order valence-corrected chi connectivity index (χ3v) is 2.24. The van der Waals surface area contributed by atoms with Crippen molar-refractivity contribution in [2.24, 2.45) is 0 Å². The molecule has 2 aromatic rings. The molecule has 0 aliphatic heterocycles. The monoisotopic (exact) mass is 259 g/mol. The Labute approximate surface area is 107 Å². The zero-order valence-corrected chi connectivity index (χ0v) is 9.57. The molecule has 0 bridgehead atoms. The predicted molar refractivity (Wildman–Crippen MR) is 65.1 cm³/mol. The van der Waals surface area contributed by atoms with Crippen LogP contribution < -0.4 is 5.32 Å². The molecule has 2 rings (SSSR count). The van der Waals surface area contributed by atoms with E-state index in [1.54, 1.807) is 0 Å². The third kappa shape index (κ3) is 2.83. The van der Waals surface area contributed by atoms with Crippen molar-refractivity contribution >= 4 is 17.6 Å². The molecule has 0 spiro atoms. The van der Waals surface area contributed by atoms with Gasteiger partial charge in [-0.1, -0.05) is 0 Å². The van der Waals surface area contributed by atoms with Crippen LogP contribution in [0.2, 0.25) is 0 Å². The number of anilines is 1. The van der Waals surface area contributed by atoms with Crippen LogP contribution in [0.25, 0.3) is 0 Å². The van der Waals surface area contributed by atoms with E-state index in [4.69, 9.17) is 10.2 Å². The van der Waals surface area contributed by atoms with Crippen LogP contribution in [0.1, 0.15) is 21.0 Å². The Bertz CT molecular complexity index is 625. The molecule has 3 N–H and O–H groups in total. The van der Waals surface area contributed by atoms with Gasteiger partial charge in [0.2, 0.25) is 0 Å². The first-order valence-corrected chi connectivity index (χ1v) is 5.22. The highest BCUT2D eigenvalue weighted by Crippen LogP contribution is 2.14. The Morgan fingerprint density at radius 3 is 2.16 bits per heavy atom. The molecule has 1 aromatic carbocycles. The molecular weight excluding hydrogens is 250 g/mol. The molecule has 7 nitrogen and oxygen atoms in total. The van der Waals surface area contributed by atoms with E-state index in [0.29, 0.717) is 5.69 Å². The number of aromatic hydroxyl groups is 1. The summed E-state index contributed by atoms with van der Waals surface area (Å²) < 4.78 is 0. The molecule has 0 fully saturated rings. The second kappa shape index (κ2) is 5.13. The second-order valence-corrected chi connectivity index (χ2v) is 3.56. The van der Waals surface area contributed by atoms with Crippen LogP contribution >= 0.6 is 0 Å². The Hall–Kier alpha value is -2.96. The zero-order chi connectivity index (χ0) is 13.8. The van der Waals surface area contributed by atoms with Gasteiger partial charge in [-0.15, -0.1) is 0 Å². The quantitative estimate of drug-likeness (QED) is 0.712. The predicted octanol–water partition coefficient (Wildman–Crippen LogP) is 1.13. The van der Waals surface area contributed by atoms with Crippen LogP contribution in [0.15, 0.2) is 36.7 Å². The Kier molecular flexibility index (Phi) is 3.37. The summed E-state index contributed by atoms with van der Waals surface area (Å²) in [6.07, 6.45) is 2.43. The summed E-state index contributed by atoms with van der Waals surface area (Å²) in [5.74, 6) is -1.95. The summed E-state index contributed by atoms with van der Waals surface area (Å²) >= 11 is 0. The smallest absolute Gasteiger partial charge is 0.356 e. The Balaban J connectivity index is 2.25. The number of carbonyl (C=O) groups excluding carboxylic acids is 1. The first-order valence-electron chi connectivity index (χ1n) is 5.22. The zero-order valence-electron chi connectivity index (χ0n) is 9.57. The molecule has 0 saturated carbocycles. The highest BCUT2D eigenvalue weighted by Gasteiger charge is 2.19. The average Bonchev–Trinajstić information content (AvgIpc) is 2.41. The van der Waals surface area contributed by atoms with Crippen molar-refractivity contribution < 1.29 is 19.8 Å². The molecule has 0 aliphatic carbocycles. The van der Waals surface area contributed by atoms with E-state index in [1.165, 1.54) is 36.7 Å². The van der Waals surface area contributed by atoms with Gasteiger partial charge in [0.15, 0.2) is 11.4 Å².